The Kier molecular flexibility index (Phi) is 6.06. The summed E-state index contributed by atoms with van der Waals surface area (Å²) in [5.41, 5.74) is 1.31. The van der Waals surface area contributed by atoms with Gasteiger partial charge in [0.05, 0.1) is 12.7 Å². The summed E-state index contributed by atoms with van der Waals surface area (Å²) in [5, 5.41) is 10.6. The number of rotatable bonds is 6. The summed E-state index contributed by atoms with van der Waals surface area (Å²) in [6.45, 7) is 1.72. The Morgan fingerprint density at radius 1 is 1.00 bits per heavy atom. The molecule has 1 saturated heterocycles. The zero-order valence-electron chi connectivity index (χ0n) is 18.7. The van der Waals surface area contributed by atoms with Crippen molar-refractivity contribution in [2.24, 2.45) is 0 Å². The van der Waals surface area contributed by atoms with Crippen molar-refractivity contribution < 1.29 is 14.6 Å². The van der Waals surface area contributed by atoms with Gasteiger partial charge in [0, 0.05) is 42.0 Å². The number of aromatic nitrogens is 2. The Hall–Kier alpha value is -3.66. The smallest absolute Gasteiger partial charge is 0.330 e. The highest BCUT2D eigenvalue weighted by atomic mass is 16.6. The lowest BCUT2D eigenvalue weighted by Gasteiger charge is -2.33. The number of nitrogens with one attached hydrogen (secondary N) is 1. The number of hydrogen-bond donors (Lipinski definition) is 2. The molecule has 0 spiro atoms. The van der Waals surface area contributed by atoms with E-state index in [0.717, 1.165) is 11.4 Å². The third-order valence-corrected chi connectivity index (χ3v) is 6.04. The lowest BCUT2D eigenvalue weighted by atomic mass is 10.2. The molecule has 34 heavy (non-hydrogen) atoms. The van der Waals surface area contributed by atoms with Crippen molar-refractivity contribution in [3.63, 3.8) is 0 Å². The molecule has 2 N–H and O–H groups in total. The molecule has 0 amide bonds. The molecule has 2 aliphatic rings. The van der Waals surface area contributed by atoms with Crippen LogP contribution in [0, 0.1) is 6.92 Å². The normalized spacial score (nSPS) is 22.6. The molecule has 0 radical (unpaired) electrons. The van der Waals surface area contributed by atoms with E-state index in [4.69, 9.17) is 9.47 Å². The van der Waals surface area contributed by atoms with Gasteiger partial charge in [-0.1, -0.05) is 36.4 Å². The highest BCUT2D eigenvalue weighted by Crippen LogP contribution is 2.32. The molecule has 3 atom stereocenters. The van der Waals surface area contributed by atoms with Crippen LogP contribution in [0.3, 0.4) is 0 Å². The number of aliphatic hydroxyl groups excluding tert-OH is 1. The standard InChI is InChI=1S/C25H26N4O5/c1-17-15-29(24(32)26-23(17)31)22-14-20(30)21(34-22)16-33-25-27(18-8-4-2-5-9-18)12-13-28(25)19-10-6-3-7-11-19/h2-13,15,20-22,25,30H,14,16H2,1H3,(H,26,31,32)/t20-,21+,22+/m0/s1. The first kappa shape index (κ1) is 22.1. The molecule has 5 rings (SSSR count). The van der Waals surface area contributed by atoms with Crippen LogP contribution in [-0.2, 0) is 9.47 Å². The van der Waals surface area contributed by atoms with Gasteiger partial charge < -0.3 is 24.4 Å². The van der Waals surface area contributed by atoms with Gasteiger partial charge in [0.2, 0.25) is 6.35 Å². The maximum absolute atomic E-state index is 12.3. The minimum absolute atomic E-state index is 0.105. The molecule has 2 aliphatic heterocycles. The van der Waals surface area contributed by atoms with E-state index in [1.165, 1.54) is 10.8 Å². The van der Waals surface area contributed by atoms with E-state index in [2.05, 4.69) is 4.98 Å². The van der Waals surface area contributed by atoms with E-state index >= 15 is 0 Å². The first-order valence-corrected chi connectivity index (χ1v) is 11.1. The fourth-order valence-corrected chi connectivity index (χ4v) is 4.23. The van der Waals surface area contributed by atoms with Gasteiger partial charge in [-0.3, -0.25) is 14.3 Å². The number of benzene rings is 2. The summed E-state index contributed by atoms with van der Waals surface area (Å²) >= 11 is 0. The van der Waals surface area contributed by atoms with Gasteiger partial charge in [-0.05, 0) is 31.2 Å². The van der Waals surface area contributed by atoms with Crippen LogP contribution in [0.25, 0.3) is 0 Å². The molecular weight excluding hydrogens is 436 g/mol. The molecule has 3 aromatic rings. The molecule has 3 heterocycles. The van der Waals surface area contributed by atoms with E-state index in [1.54, 1.807) is 6.92 Å². The Morgan fingerprint density at radius 2 is 1.59 bits per heavy atom. The summed E-state index contributed by atoms with van der Waals surface area (Å²) in [6, 6.07) is 19.7. The third kappa shape index (κ3) is 4.28. The molecule has 176 valence electrons. The van der Waals surface area contributed by atoms with Crippen LogP contribution < -0.4 is 21.0 Å². The van der Waals surface area contributed by atoms with Crippen molar-refractivity contribution in [2.75, 3.05) is 16.4 Å². The number of nitrogens with zero attached hydrogens (tertiary/aromatic N) is 3. The number of hydrogen-bond acceptors (Lipinski definition) is 7. The molecule has 0 unspecified atom stereocenters. The molecule has 0 saturated carbocycles. The average molecular weight is 463 g/mol. The highest BCUT2D eigenvalue weighted by molar-refractivity contribution is 5.60. The van der Waals surface area contributed by atoms with Crippen molar-refractivity contribution in [1.29, 1.82) is 0 Å². The molecule has 9 heteroatoms. The summed E-state index contributed by atoms with van der Waals surface area (Å²) in [5.74, 6) is 0. The molecule has 1 fully saturated rings. The number of ether oxygens (including phenoxy) is 2. The van der Waals surface area contributed by atoms with Gasteiger partial charge in [0.1, 0.15) is 12.3 Å². The van der Waals surface area contributed by atoms with Crippen molar-refractivity contribution in [1.82, 2.24) is 9.55 Å². The van der Waals surface area contributed by atoms with Crippen molar-refractivity contribution in [3.05, 3.63) is 106 Å². The molecule has 2 aromatic carbocycles. The Labute approximate surface area is 196 Å². The van der Waals surface area contributed by atoms with Gasteiger partial charge in [-0.25, -0.2) is 4.79 Å². The highest BCUT2D eigenvalue weighted by Gasteiger charge is 2.38. The molecule has 1 aromatic heterocycles. The van der Waals surface area contributed by atoms with Gasteiger partial charge in [-0.2, -0.15) is 0 Å². The van der Waals surface area contributed by atoms with Crippen LogP contribution in [-0.4, -0.2) is 39.8 Å². The maximum atomic E-state index is 12.3. The second kappa shape index (κ2) is 9.30. The van der Waals surface area contributed by atoms with Crippen molar-refractivity contribution in [2.45, 2.75) is 38.1 Å². The molecular formula is C25H26N4O5. The van der Waals surface area contributed by atoms with E-state index in [0.29, 0.717) is 5.56 Å². The minimum Gasteiger partial charge on any atom is -0.390 e. The number of para-hydroxylation sites is 2. The number of anilines is 2. The monoisotopic (exact) mass is 462 g/mol. The molecule has 0 bridgehead atoms. The van der Waals surface area contributed by atoms with Crippen molar-refractivity contribution in [3.8, 4) is 0 Å². The Morgan fingerprint density at radius 3 is 2.18 bits per heavy atom. The van der Waals surface area contributed by atoms with E-state index < -0.39 is 36.0 Å². The maximum Gasteiger partial charge on any atom is 0.330 e. The first-order valence-electron chi connectivity index (χ1n) is 11.1. The fraction of sp³-hybridized carbons (Fsp3) is 0.280. The largest absolute Gasteiger partial charge is 0.390 e. The summed E-state index contributed by atoms with van der Waals surface area (Å²) in [6.07, 6.45) is 2.93. The zero-order chi connectivity index (χ0) is 23.7. The first-order chi connectivity index (χ1) is 16.5. The SMILES string of the molecule is Cc1cn([C@H]2C[C@H](O)[C@@H](COC3N(c4ccccc4)C=CN3c3ccccc3)O2)c(=O)[nH]c1=O. The van der Waals surface area contributed by atoms with Crippen LogP contribution in [0.1, 0.15) is 18.2 Å². The second-order valence-corrected chi connectivity index (χ2v) is 8.35. The number of H-pyrrole nitrogens is 1. The summed E-state index contributed by atoms with van der Waals surface area (Å²) in [4.78, 5) is 30.2. The molecule has 0 aliphatic carbocycles. The minimum atomic E-state index is -0.825. The number of aryl methyl sites for hydroxylation is 1. The van der Waals surface area contributed by atoms with Crippen LogP contribution in [0.5, 0.6) is 0 Å². The predicted octanol–water partition coefficient (Wildman–Crippen LogP) is 2.29. The summed E-state index contributed by atoms with van der Waals surface area (Å²) in [7, 11) is 0. The van der Waals surface area contributed by atoms with Crippen LogP contribution >= 0.6 is 0 Å². The van der Waals surface area contributed by atoms with Gasteiger partial charge in [0.15, 0.2) is 0 Å². The third-order valence-electron chi connectivity index (χ3n) is 6.04. The van der Waals surface area contributed by atoms with E-state index in [-0.39, 0.29) is 13.0 Å². The quantitative estimate of drug-likeness (QED) is 0.580. The van der Waals surface area contributed by atoms with Crippen LogP contribution in [0.15, 0.2) is 88.8 Å². The van der Waals surface area contributed by atoms with E-state index in [1.807, 2.05) is 82.9 Å². The second-order valence-electron chi connectivity index (χ2n) is 8.35. The van der Waals surface area contributed by atoms with E-state index in [9.17, 15) is 14.7 Å². The lowest BCUT2D eigenvalue weighted by molar-refractivity contribution is -0.0775. The molecule has 9 nitrogen and oxygen atoms in total. The van der Waals surface area contributed by atoms with Crippen molar-refractivity contribution >= 4 is 11.4 Å². The number of aliphatic hydroxyl groups is 1. The van der Waals surface area contributed by atoms with Crippen LogP contribution in [0.2, 0.25) is 0 Å². The van der Waals surface area contributed by atoms with Gasteiger partial charge in [0.25, 0.3) is 5.56 Å². The zero-order valence-corrected chi connectivity index (χ0v) is 18.7. The van der Waals surface area contributed by atoms with Gasteiger partial charge >= 0.3 is 5.69 Å². The fourth-order valence-electron chi connectivity index (χ4n) is 4.23. The lowest BCUT2D eigenvalue weighted by Crippen LogP contribution is -2.43. The Bertz CT molecular complexity index is 1220. The Balaban J connectivity index is 1.34. The summed E-state index contributed by atoms with van der Waals surface area (Å²) < 4.78 is 13.6. The topological polar surface area (TPSA) is 100 Å². The van der Waals surface area contributed by atoms with Gasteiger partial charge in [-0.15, -0.1) is 0 Å². The average Bonchev–Trinajstić information content (AvgIpc) is 3.44. The predicted molar refractivity (Wildman–Crippen MR) is 127 cm³/mol. The van der Waals surface area contributed by atoms with Crippen LogP contribution in [0.4, 0.5) is 11.4 Å². The number of aromatic amines is 1.